The normalized spacial score (nSPS) is 12.1. The van der Waals surface area contributed by atoms with Gasteiger partial charge in [0, 0.05) is 6.07 Å². The van der Waals surface area contributed by atoms with Crippen LogP contribution in [0.5, 0.6) is 0 Å². The van der Waals surface area contributed by atoms with E-state index in [1.165, 1.54) is 6.07 Å². The molecule has 0 saturated carbocycles. The van der Waals surface area contributed by atoms with Crippen LogP contribution in [0.2, 0.25) is 0 Å². The minimum atomic E-state index is -3.80. The minimum absolute atomic E-state index is 0.345. The van der Waals surface area contributed by atoms with Crippen molar-refractivity contribution >= 4 is 22.3 Å². The lowest BCUT2D eigenvalue weighted by Crippen LogP contribution is -2.31. The number of aromatic nitrogens is 1. The molecule has 0 bridgehead atoms. The van der Waals surface area contributed by atoms with Crippen LogP contribution in [0.25, 0.3) is 12.2 Å². The highest BCUT2D eigenvalue weighted by Gasteiger charge is 2.09. The summed E-state index contributed by atoms with van der Waals surface area (Å²) in [5, 5.41) is 0. The average Bonchev–Trinajstić information content (AvgIpc) is 2.47. The maximum atomic E-state index is 11.9. The van der Waals surface area contributed by atoms with E-state index in [2.05, 4.69) is 0 Å². The van der Waals surface area contributed by atoms with Crippen molar-refractivity contribution in [2.45, 2.75) is 6.92 Å². The molecule has 0 fully saturated rings. The molecule has 0 spiro atoms. The predicted octanol–water partition coefficient (Wildman–Crippen LogP) is 2.27. The molecule has 0 unspecified atom stereocenters. The van der Waals surface area contributed by atoms with E-state index in [1.54, 1.807) is 31.2 Å². The molecule has 0 aliphatic rings. The van der Waals surface area contributed by atoms with Gasteiger partial charge in [0.25, 0.3) is 5.56 Å². The Labute approximate surface area is 135 Å². The van der Waals surface area contributed by atoms with E-state index in [-0.39, 0.29) is 0 Å². The summed E-state index contributed by atoms with van der Waals surface area (Å²) >= 11 is 0. The number of rotatable bonds is 5. The van der Waals surface area contributed by atoms with Crippen molar-refractivity contribution in [3.63, 3.8) is 0 Å². The van der Waals surface area contributed by atoms with Crippen molar-refractivity contribution in [1.29, 1.82) is 0 Å². The first-order chi connectivity index (χ1) is 10.8. The van der Waals surface area contributed by atoms with E-state index in [1.807, 2.05) is 36.4 Å². The van der Waals surface area contributed by atoms with Gasteiger partial charge < -0.3 is 0 Å². The van der Waals surface area contributed by atoms with Crippen LogP contribution in [0.1, 0.15) is 16.8 Å². The lowest BCUT2D eigenvalue weighted by atomic mass is 10.2. The molecule has 0 aliphatic heterocycles. The second kappa shape index (κ2) is 7.11. The first-order valence-corrected chi connectivity index (χ1v) is 8.70. The van der Waals surface area contributed by atoms with Crippen LogP contribution in [-0.4, -0.2) is 19.4 Å². The zero-order chi connectivity index (χ0) is 16.9. The Hall–Kier alpha value is -2.60. The second-order valence-corrected chi connectivity index (χ2v) is 6.56. The summed E-state index contributed by atoms with van der Waals surface area (Å²) in [6.07, 6.45) is 7.91. The van der Waals surface area contributed by atoms with E-state index in [0.29, 0.717) is 5.69 Å². The van der Waals surface area contributed by atoms with E-state index >= 15 is 0 Å². The fourth-order valence-electron chi connectivity index (χ4n) is 1.93. The minimum Gasteiger partial charge on any atom is -0.284 e. The average molecular weight is 331 g/mol. The van der Waals surface area contributed by atoms with Gasteiger partial charge in [-0.25, -0.2) is 0 Å². The Morgan fingerprint density at radius 1 is 1.04 bits per heavy atom. The van der Waals surface area contributed by atoms with Gasteiger partial charge in [0.05, 0.1) is 11.9 Å². The summed E-state index contributed by atoms with van der Waals surface area (Å²) < 4.78 is 28.1. The van der Waals surface area contributed by atoms with Gasteiger partial charge in [-0.1, -0.05) is 48.6 Å². The van der Waals surface area contributed by atoms with Gasteiger partial charge in [-0.2, -0.15) is 8.42 Å². The number of pyridine rings is 1. The van der Waals surface area contributed by atoms with Gasteiger partial charge in [0.15, 0.2) is 0 Å². The second-order valence-electron chi connectivity index (χ2n) is 5.00. The SMILES string of the molecule is Cc1cc(C=CC=Cc2ccccc2)n(OS(C)(=O)=O)c(=O)c1. The molecular weight excluding hydrogens is 314 g/mol. The number of aryl methyl sites for hydroxylation is 1. The molecule has 120 valence electrons. The lowest BCUT2D eigenvalue weighted by molar-refractivity contribution is 0.267. The number of allylic oxidation sites excluding steroid dienone is 2. The maximum absolute atomic E-state index is 11.9. The molecule has 0 amide bonds. The van der Waals surface area contributed by atoms with Crippen LogP contribution < -0.4 is 9.84 Å². The molecule has 0 aliphatic carbocycles. The standard InChI is InChI=1S/C17H17NO4S/c1-14-12-16(18(17(19)13-14)22-23(2,20)21)11-7-6-10-15-8-4-3-5-9-15/h3-13H,1-2H3. The topological polar surface area (TPSA) is 65.4 Å². The van der Waals surface area contributed by atoms with Crippen molar-refractivity contribution in [1.82, 2.24) is 4.73 Å². The Morgan fingerprint density at radius 3 is 2.35 bits per heavy atom. The van der Waals surface area contributed by atoms with Crippen molar-refractivity contribution in [3.8, 4) is 0 Å². The molecule has 2 rings (SSSR count). The molecule has 0 radical (unpaired) electrons. The summed E-state index contributed by atoms with van der Waals surface area (Å²) in [7, 11) is -3.80. The number of hydrogen-bond acceptors (Lipinski definition) is 4. The predicted molar refractivity (Wildman–Crippen MR) is 91.4 cm³/mol. The lowest BCUT2D eigenvalue weighted by Gasteiger charge is -2.09. The molecule has 0 saturated heterocycles. The van der Waals surface area contributed by atoms with E-state index in [0.717, 1.165) is 22.1 Å². The fraction of sp³-hybridized carbons (Fsp3) is 0.118. The largest absolute Gasteiger partial charge is 0.324 e. The Balaban J connectivity index is 2.30. The summed E-state index contributed by atoms with van der Waals surface area (Å²) in [6.45, 7) is 1.75. The number of benzene rings is 1. The first-order valence-electron chi connectivity index (χ1n) is 6.88. The molecule has 2 aromatic rings. The van der Waals surface area contributed by atoms with Crippen LogP contribution in [0, 0.1) is 6.92 Å². The van der Waals surface area contributed by atoms with Crippen LogP contribution in [0.3, 0.4) is 0 Å². The van der Waals surface area contributed by atoms with E-state index in [4.69, 9.17) is 4.28 Å². The smallest absolute Gasteiger partial charge is 0.284 e. The first kappa shape index (κ1) is 16.8. The van der Waals surface area contributed by atoms with Crippen LogP contribution in [0.15, 0.2) is 59.4 Å². The highest BCUT2D eigenvalue weighted by molar-refractivity contribution is 7.86. The molecule has 0 atom stereocenters. The molecule has 6 heteroatoms. The van der Waals surface area contributed by atoms with E-state index < -0.39 is 15.7 Å². The van der Waals surface area contributed by atoms with Crippen LogP contribution in [-0.2, 0) is 10.1 Å². The Morgan fingerprint density at radius 2 is 1.70 bits per heavy atom. The summed E-state index contributed by atoms with van der Waals surface area (Å²) in [4.78, 5) is 11.9. The molecule has 23 heavy (non-hydrogen) atoms. The molecule has 0 N–H and O–H groups in total. The highest BCUT2D eigenvalue weighted by Crippen LogP contribution is 2.05. The molecule has 5 nitrogen and oxygen atoms in total. The van der Waals surface area contributed by atoms with Gasteiger partial charge in [0.1, 0.15) is 0 Å². The molecular formula is C17H17NO4S. The van der Waals surface area contributed by atoms with Gasteiger partial charge in [0.2, 0.25) is 0 Å². The third-order valence-electron chi connectivity index (χ3n) is 2.84. The van der Waals surface area contributed by atoms with Crippen molar-refractivity contribution in [2.75, 3.05) is 6.26 Å². The summed E-state index contributed by atoms with van der Waals surface area (Å²) in [6, 6.07) is 12.7. The Bertz CT molecular complexity index is 894. The zero-order valence-electron chi connectivity index (χ0n) is 12.8. The van der Waals surface area contributed by atoms with Crippen LogP contribution >= 0.6 is 0 Å². The van der Waals surface area contributed by atoms with E-state index in [9.17, 15) is 13.2 Å². The highest BCUT2D eigenvalue weighted by atomic mass is 32.2. The third-order valence-corrected chi connectivity index (χ3v) is 3.26. The Kier molecular flexibility index (Phi) is 5.18. The van der Waals surface area contributed by atoms with Gasteiger partial charge in [-0.3, -0.25) is 9.08 Å². The molecule has 1 heterocycles. The fourth-order valence-corrected chi connectivity index (χ4v) is 2.36. The summed E-state index contributed by atoms with van der Waals surface area (Å²) in [5.74, 6) is 0. The summed E-state index contributed by atoms with van der Waals surface area (Å²) in [5.41, 5.74) is 1.56. The number of nitrogens with zero attached hydrogens (tertiary/aromatic N) is 1. The zero-order valence-corrected chi connectivity index (χ0v) is 13.7. The monoisotopic (exact) mass is 331 g/mol. The van der Waals surface area contributed by atoms with Crippen LogP contribution in [0.4, 0.5) is 0 Å². The molecule has 1 aromatic carbocycles. The van der Waals surface area contributed by atoms with Crippen molar-refractivity contribution < 1.29 is 12.7 Å². The van der Waals surface area contributed by atoms with Crippen molar-refractivity contribution in [2.24, 2.45) is 0 Å². The molecule has 1 aromatic heterocycles. The van der Waals surface area contributed by atoms with Gasteiger partial charge in [-0.05, 0) is 30.2 Å². The maximum Gasteiger partial charge on any atom is 0.324 e. The number of hydrogen-bond donors (Lipinski definition) is 0. The van der Waals surface area contributed by atoms with Crippen molar-refractivity contribution in [3.05, 3.63) is 81.8 Å². The third kappa shape index (κ3) is 5.27. The van der Waals surface area contributed by atoms with Gasteiger partial charge >= 0.3 is 10.1 Å². The quantitative estimate of drug-likeness (QED) is 0.789. The van der Waals surface area contributed by atoms with Gasteiger partial charge in [-0.15, -0.1) is 4.73 Å².